The molecular formula is C16H28N4O. The Labute approximate surface area is 127 Å². The largest absolute Gasteiger partial charge is 0.473 e. The lowest BCUT2D eigenvalue weighted by Crippen LogP contribution is -2.33. The normalized spacial score (nSPS) is 15.9. The van der Waals surface area contributed by atoms with E-state index in [1.165, 1.54) is 25.7 Å². The molecule has 0 atom stereocenters. The number of ether oxygens (including phenoxy) is 1. The highest BCUT2D eigenvalue weighted by molar-refractivity contribution is 5.53. The summed E-state index contributed by atoms with van der Waals surface area (Å²) in [5, 5.41) is 3.35. The van der Waals surface area contributed by atoms with E-state index in [-0.39, 0.29) is 6.10 Å². The molecule has 1 fully saturated rings. The van der Waals surface area contributed by atoms with Crippen molar-refractivity contribution in [2.75, 3.05) is 31.2 Å². The molecule has 1 aliphatic rings. The Morgan fingerprint density at radius 3 is 2.76 bits per heavy atom. The summed E-state index contributed by atoms with van der Waals surface area (Å²) in [6.45, 7) is 5.84. The first kappa shape index (κ1) is 15.9. The third kappa shape index (κ3) is 4.77. The van der Waals surface area contributed by atoms with Crippen molar-refractivity contribution in [3.8, 4) is 5.88 Å². The summed E-state index contributed by atoms with van der Waals surface area (Å²) < 4.78 is 5.61. The third-order valence-electron chi connectivity index (χ3n) is 3.96. The molecule has 3 N–H and O–H groups in total. The molecule has 0 radical (unpaired) electrons. The first-order valence-electron chi connectivity index (χ1n) is 7.93. The standard InChI is InChI=1S/C16H28N4O/c1-12(2)21-16-14(17)8-9-15(19-16)18-10-11-20(3)13-6-4-5-7-13/h8-9,12-13H,4-7,10-11,17H2,1-3H3,(H,18,19). The maximum Gasteiger partial charge on any atom is 0.239 e. The second-order valence-electron chi connectivity index (χ2n) is 6.10. The molecule has 0 amide bonds. The van der Waals surface area contributed by atoms with E-state index in [9.17, 15) is 0 Å². The molecule has 0 bridgehead atoms. The summed E-state index contributed by atoms with van der Waals surface area (Å²) in [5.41, 5.74) is 6.45. The summed E-state index contributed by atoms with van der Waals surface area (Å²) in [4.78, 5) is 6.88. The minimum Gasteiger partial charge on any atom is -0.473 e. The van der Waals surface area contributed by atoms with E-state index in [2.05, 4.69) is 22.2 Å². The van der Waals surface area contributed by atoms with Crippen molar-refractivity contribution in [3.63, 3.8) is 0 Å². The van der Waals surface area contributed by atoms with Crippen molar-refractivity contribution in [2.45, 2.75) is 51.7 Å². The fraction of sp³-hybridized carbons (Fsp3) is 0.688. The first-order chi connectivity index (χ1) is 10.1. The molecule has 0 spiro atoms. The average molecular weight is 292 g/mol. The summed E-state index contributed by atoms with van der Waals surface area (Å²) in [7, 11) is 2.21. The molecule has 1 aromatic rings. The fourth-order valence-electron chi connectivity index (χ4n) is 2.76. The summed E-state index contributed by atoms with van der Waals surface area (Å²) >= 11 is 0. The lowest BCUT2D eigenvalue weighted by Gasteiger charge is -2.24. The molecule has 1 aliphatic carbocycles. The second kappa shape index (κ2) is 7.50. The van der Waals surface area contributed by atoms with E-state index in [1.807, 2.05) is 26.0 Å². The molecule has 1 heterocycles. The number of anilines is 2. The van der Waals surface area contributed by atoms with Crippen LogP contribution in [-0.2, 0) is 0 Å². The predicted molar refractivity (Wildman–Crippen MR) is 87.8 cm³/mol. The first-order valence-corrected chi connectivity index (χ1v) is 7.93. The van der Waals surface area contributed by atoms with Gasteiger partial charge in [0.1, 0.15) is 5.82 Å². The van der Waals surface area contributed by atoms with Crippen LogP contribution in [0.5, 0.6) is 5.88 Å². The van der Waals surface area contributed by atoms with Gasteiger partial charge >= 0.3 is 0 Å². The van der Waals surface area contributed by atoms with E-state index >= 15 is 0 Å². The molecule has 21 heavy (non-hydrogen) atoms. The lowest BCUT2D eigenvalue weighted by atomic mass is 10.2. The molecule has 118 valence electrons. The monoisotopic (exact) mass is 292 g/mol. The predicted octanol–water partition coefficient (Wildman–Crippen LogP) is 2.74. The van der Waals surface area contributed by atoms with Crippen LogP contribution in [-0.4, -0.2) is 42.2 Å². The minimum absolute atomic E-state index is 0.0727. The van der Waals surface area contributed by atoms with Gasteiger partial charge in [-0.1, -0.05) is 12.8 Å². The van der Waals surface area contributed by atoms with Crippen LogP contribution in [0.15, 0.2) is 12.1 Å². The molecule has 5 heteroatoms. The van der Waals surface area contributed by atoms with Crippen molar-refractivity contribution in [1.29, 1.82) is 0 Å². The van der Waals surface area contributed by atoms with Crippen molar-refractivity contribution in [2.24, 2.45) is 0 Å². The van der Waals surface area contributed by atoms with Crippen LogP contribution in [0.3, 0.4) is 0 Å². The molecule has 2 rings (SSSR count). The second-order valence-corrected chi connectivity index (χ2v) is 6.10. The van der Waals surface area contributed by atoms with Gasteiger partial charge in [0, 0.05) is 19.1 Å². The Morgan fingerprint density at radius 1 is 1.38 bits per heavy atom. The van der Waals surface area contributed by atoms with Gasteiger partial charge in [-0.15, -0.1) is 0 Å². The van der Waals surface area contributed by atoms with Crippen LogP contribution >= 0.6 is 0 Å². The van der Waals surface area contributed by atoms with Gasteiger partial charge in [-0.05, 0) is 45.9 Å². The smallest absolute Gasteiger partial charge is 0.239 e. The van der Waals surface area contributed by atoms with Crippen molar-refractivity contribution in [3.05, 3.63) is 12.1 Å². The van der Waals surface area contributed by atoms with Crippen LogP contribution < -0.4 is 15.8 Å². The Morgan fingerprint density at radius 2 is 2.10 bits per heavy atom. The molecule has 1 aromatic heterocycles. The Balaban J connectivity index is 1.82. The van der Waals surface area contributed by atoms with Gasteiger partial charge < -0.3 is 20.7 Å². The van der Waals surface area contributed by atoms with E-state index in [1.54, 1.807) is 0 Å². The van der Waals surface area contributed by atoms with Gasteiger partial charge in [-0.25, -0.2) is 0 Å². The zero-order valence-electron chi connectivity index (χ0n) is 13.4. The lowest BCUT2D eigenvalue weighted by molar-refractivity contribution is 0.234. The van der Waals surface area contributed by atoms with Gasteiger partial charge in [-0.2, -0.15) is 4.98 Å². The van der Waals surface area contributed by atoms with Crippen LogP contribution in [0.2, 0.25) is 0 Å². The number of nitrogens with two attached hydrogens (primary N) is 1. The highest BCUT2D eigenvalue weighted by Crippen LogP contribution is 2.23. The van der Waals surface area contributed by atoms with Gasteiger partial charge in [0.2, 0.25) is 5.88 Å². The van der Waals surface area contributed by atoms with Crippen LogP contribution in [0, 0.1) is 0 Å². The molecule has 0 unspecified atom stereocenters. The van der Waals surface area contributed by atoms with Crippen LogP contribution in [0.1, 0.15) is 39.5 Å². The third-order valence-corrected chi connectivity index (χ3v) is 3.96. The summed E-state index contributed by atoms with van der Waals surface area (Å²) in [6, 6.07) is 4.50. The van der Waals surface area contributed by atoms with Gasteiger partial charge in [-0.3, -0.25) is 0 Å². The number of nitrogen functional groups attached to an aromatic ring is 1. The fourth-order valence-corrected chi connectivity index (χ4v) is 2.76. The molecule has 0 saturated heterocycles. The topological polar surface area (TPSA) is 63.4 Å². The Bertz CT molecular complexity index is 444. The summed E-state index contributed by atoms with van der Waals surface area (Å²) in [6.07, 6.45) is 5.49. The molecule has 0 aromatic carbocycles. The highest BCUT2D eigenvalue weighted by atomic mass is 16.5. The highest BCUT2D eigenvalue weighted by Gasteiger charge is 2.18. The summed E-state index contributed by atoms with van der Waals surface area (Å²) in [5.74, 6) is 1.33. The molecule has 5 nitrogen and oxygen atoms in total. The van der Waals surface area contributed by atoms with Crippen molar-refractivity contribution in [1.82, 2.24) is 9.88 Å². The van der Waals surface area contributed by atoms with Crippen molar-refractivity contribution >= 4 is 11.5 Å². The number of hydrogen-bond donors (Lipinski definition) is 2. The van der Waals surface area contributed by atoms with Crippen LogP contribution in [0.4, 0.5) is 11.5 Å². The van der Waals surface area contributed by atoms with E-state index in [0.717, 1.165) is 24.9 Å². The number of aromatic nitrogens is 1. The molecular weight excluding hydrogens is 264 g/mol. The molecule has 1 saturated carbocycles. The van der Waals surface area contributed by atoms with Gasteiger partial charge in [0.05, 0.1) is 11.8 Å². The minimum atomic E-state index is 0.0727. The number of nitrogens with one attached hydrogen (secondary N) is 1. The maximum absolute atomic E-state index is 5.87. The van der Waals surface area contributed by atoms with Crippen molar-refractivity contribution < 1.29 is 4.74 Å². The quantitative estimate of drug-likeness (QED) is 0.809. The Kier molecular flexibility index (Phi) is 5.67. The number of rotatable bonds is 7. The van der Waals surface area contributed by atoms with Gasteiger partial charge in [0.15, 0.2) is 0 Å². The molecule has 0 aliphatic heterocycles. The average Bonchev–Trinajstić information content (AvgIpc) is 2.96. The van der Waals surface area contributed by atoms with E-state index in [0.29, 0.717) is 11.6 Å². The van der Waals surface area contributed by atoms with Crippen LogP contribution in [0.25, 0.3) is 0 Å². The Hall–Kier alpha value is -1.49. The number of nitrogens with zero attached hydrogens (tertiary/aromatic N) is 2. The number of pyridine rings is 1. The number of likely N-dealkylation sites (N-methyl/N-ethyl adjacent to an activating group) is 1. The maximum atomic E-state index is 5.87. The van der Waals surface area contributed by atoms with E-state index in [4.69, 9.17) is 10.5 Å². The zero-order chi connectivity index (χ0) is 15.2. The van der Waals surface area contributed by atoms with Gasteiger partial charge in [0.25, 0.3) is 0 Å². The zero-order valence-corrected chi connectivity index (χ0v) is 13.4. The number of hydrogen-bond acceptors (Lipinski definition) is 5. The van der Waals surface area contributed by atoms with E-state index < -0.39 is 0 Å². The SMILES string of the molecule is CC(C)Oc1nc(NCCN(C)C2CCCC2)ccc1N.